The minimum Gasteiger partial charge on any atom is -0.472 e. The molecule has 0 amide bonds. The highest BCUT2D eigenvalue weighted by atomic mass is 16.3. The van der Waals surface area contributed by atoms with Crippen molar-refractivity contribution in [2.24, 2.45) is 11.3 Å². The van der Waals surface area contributed by atoms with Crippen LogP contribution in [0.4, 0.5) is 0 Å². The van der Waals surface area contributed by atoms with Gasteiger partial charge in [-0.25, -0.2) is 0 Å². The molecule has 88 valence electrons. The van der Waals surface area contributed by atoms with Gasteiger partial charge < -0.3 is 4.42 Å². The Bertz CT molecular complexity index is 391. The third-order valence-electron chi connectivity index (χ3n) is 4.28. The first-order valence-corrected chi connectivity index (χ1v) is 6.09. The predicted octanol–water partition coefficient (Wildman–Crippen LogP) is 3.53. The van der Waals surface area contributed by atoms with Gasteiger partial charge in [-0.3, -0.25) is 4.79 Å². The fourth-order valence-electron chi connectivity index (χ4n) is 2.68. The van der Waals surface area contributed by atoms with Gasteiger partial charge in [-0.2, -0.15) is 0 Å². The van der Waals surface area contributed by atoms with E-state index in [0.29, 0.717) is 11.7 Å². The molecule has 2 nitrogen and oxygen atoms in total. The molecule has 0 aliphatic heterocycles. The number of rotatable bonds is 2. The molecule has 0 unspecified atom stereocenters. The molecule has 1 heterocycles. The van der Waals surface area contributed by atoms with Crippen molar-refractivity contribution < 1.29 is 9.21 Å². The summed E-state index contributed by atoms with van der Waals surface area (Å²) < 4.78 is 5.19. The minimum absolute atomic E-state index is 0.188. The molecule has 16 heavy (non-hydrogen) atoms. The molecule has 0 spiro atoms. The van der Waals surface area contributed by atoms with Gasteiger partial charge in [0.25, 0.3) is 0 Å². The van der Waals surface area contributed by atoms with E-state index in [1.165, 1.54) is 12.0 Å². The second-order valence-electron chi connectivity index (χ2n) is 5.39. The Hall–Kier alpha value is -1.05. The van der Waals surface area contributed by atoms with Crippen LogP contribution in [-0.4, -0.2) is 5.78 Å². The second-order valence-corrected chi connectivity index (χ2v) is 5.39. The van der Waals surface area contributed by atoms with Crippen LogP contribution in [0.3, 0.4) is 0 Å². The Balaban J connectivity index is 2.23. The number of hydrogen-bond donors (Lipinski definition) is 0. The molecule has 0 aromatic carbocycles. The van der Waals surface area contributed by atoms with E-state index in [-0.39, 0.29) is 5.41 Å². The SMILES string of the molecule is Cc1cocc1C[C@@]1(C)C(=O)CCC[C@@H]1C. The lowest BCUT2D eigenvalue weighted by atomic mass is 9.64. The van der Waals surface area contributed by atoms with Gasteiger partial charge in [-0.15, -0.1) is 0 Å². The van der Waals surface area contributed by atoms with E-state index in [1.54, 1.807) is 12.5 Å². The van der Waals surface area contributed by atoms with E-state index in [2.05, 4.69) is 13.8 Å². The second kappa shape index (κ2) is 4.08. The van der Waals surface area contributed by atoms with Crippen molar-refractivity contribution in [3.63, 3.8) is 0 Å². The lowest BCUT2D eigenvalue weighted by Crippen LogP contribution is -2.39. The van der Waals surface area contributed by atoms with Crippen molar-refractivity contribution in [2.45, 2.75) is 46.5 Å². The van der Waals surface area contributed by atoms with Gasteiger partial charge in [-0.05, 0) is 43.2 Å². The number of hydrogen-bond acceptors (Lipinski definition) is 2. The molecule has 1 aromatic heterocycles. The molecular weight excluding hydrogens is 200 g/mol. The van der Waals surface area contributed by atoms with Gasteiger partial charge in [-0.1, -0.05) is 13.8 Å². The normalized spacial score (nSPS) is 30.7. The molecule has 1 aromatic rings. The summed E-state index contributed by atoms with van der Waals surface area (Å²) in [7, 11) is 0. The molecule has 2 atom stereocenters. The summed E-state index contributed by atoms with van der Waals surface area (Å²) in [6.45, 7) is 6.36. The molecule has 1 aliphatic carbocycles. The van der Waals surface area contributed by atoms with E-state index >= 15 is 0 Å². The summed E-state index contributed by atoms with van der Waals surface area (Å²) in [5, 5.41) is 0. The Kier molecular flexibility index (Phi) is 2.92. The summed E-state index contributed by atoms with van der Waals surface area (Å²) in [6.07, 6.45) is 7.35. The first kappa shape index (κ1) is 11.4. The Morgan fingerprint density at radius 3 is 2.81 bits per heavy atom. The first-order valence-electron chi connectivity index (χ1n) is 6.09. The Labute approximate surface area is 97.0 Å². The summed E-state index contributed by atoms with van der Waals surface area (Å²) in [5.74, 6) is 0.898. The Morgan fingerprint density at radius 1 is 1.50 bits per heavy atom. The third kappa shape index (κ3) is 1.81. The van der Waals surface area contributed by atoms with Gasteiger partial charge in [0.1, 0.15) is 5.78 Å². The van der Waals surface area contributed by atoms with E-state index in [9.17, 15) is 4.79 Å². The molecule has 1 aliphatic rings. The van der Waals surface area contributed by atoms with Crippen LogP contribution in [0.2, 0.25) is 0 Å². The van der Waals surface area contributed by atoms with E-state index in [4.69, 9.17) is 4.42 Å². The molecule has 0 saturated heterocycles. The van der Waals surface area contributed by atoms with Crippen LogP contribution >= 0.6 is 0 Å². The zero-order valence-corrected chi connectivity index (χ0v) is 10.4. The summed E-state index contributed by atoms with van der Waals surface area (Å²) in [6, 6.07) is 0. The lowest BCUT2D eigenvalue weighted by molar-refractivity contribution is -0.133. The summed E-state index contributed by atoms with van der Waals surface area (Å²) in [4.78, 5) is 12.1. The molecule has 2 heteroatoms. The zero-order chi connectivity index (χ0) is 11.8. The van der Waals surface area contributed by atoms with Crippen molar-refractivity contribution in [1.82, 2.24) is 0 Å². The summed E-state index contributed by atoms with van der Waals surface area (Å²) in [5.41, 5.74) is 2.16. The topological polar surface area (TPSA) is 30.2 Å². The lowest BCUT2D eigenvalue weighted by Gasteiger charge is -2.38. The van der Waals surface area contributed by atoms with E-state index < -0.39 is 0 Å². The average molecular weight is 220 g/mol. The highest BCUT2D eigenvalue weighted by molar-refractivity contribution is 5.85. The smallest absolute Gasteiger partial charge is 0.139 e. The Morgan fingerprint density at radius 2 is 2.25 bits per heavy atom. The zero-order valence-electron chi connectivity index (χ0n) is 10.4. The third-order valence-corrected chi connectivity index (χ3v) is 4.28. The molecule has 0 radical (unpaired) electrons. The minimum atomic E-state index is -0.188. The average Bonchev–Trinajstić information content (AvgIpc) is 2.62. The highest BCUT2D eigenvalue weighted by Crippen LogP contribution is 2.41. The van der Waals surface area contributed by atoms with Crippen molar-refractivity contribution in [1.29, 1.82) is 0 Å². The fraction of sp³-hybridized carbons (Fsp3) is 0.643. The number of carbonyl (C=O) groups excluding carboxylic acids is 1. The van der Waals surface area contributed by atoms with Crippen molar-refractivity contribution in [3.05, 3.63) is 23.7 Å². The van der Waals surface area contributed by atoms with Crippen LogP contribution in [0.15, 0.2) is 16.9 Å². The predicted molar refractivity (Wildman–Crippen MR) is 63.3 cm³/mol. The first-order chi connectivity index (χ1) is 7.54. The molecule has 2 rings (SSSR count). The van der Waals surface area contributed by atoms with Gasteiger partial charge in [0.05, 0.1) is 12.5 Å². The molecular formula is C14H20O2. The van der Waals surface area contributed by atoms with Crippen LogP contribution in [0.1, 0.15) is 44.2 Å². The van der Waals surface area contributed by atoms with Gasteiger partial charge in [0.2, 0.25) is 0 Å². The molecule has 1 fully saturated rings. The van der Waals surface area contributed by atoms with Crippen LogP contribution in [0.25, 0.3) is 0 Å². The number of ketones is 1. The van der Waals surface area contributed by atoms with E-state index in [1.807, 2.05) is 6.92 Å². The maximum atomic E-state index is 12.1. The van der Waals surface area contributed by atoms with Crippen LogP contribution in [0.5, 0.6) is 0 Å². The molecule has 0 N–H and O–H groups in total. The van der Waals surface area contributed by atoms with Crippen LogP contribution in [-0.2, 0) is 11.2 Å². The highest BCUT2D eigenvalue weighted by Gasteiger charge is 2.41. The van der Waals surface area contributed by atoms with Gasteiger partial charge >= 0.3 is 0 Å². The quantitative estimate of drug-likeness (QED) is 0.763. The maximum absolute atomic E-state index is 12.1. The molecule has 0 bridgehead atoms. The number of Topliss-reactive ketones (excluding diaryl/α,β-unsaturated/α-hetero) is 1. The largest absolute Gasteiger partial charge is 0.472 e. The van der Waals surface area contributed by atoms with Gasteiger partial charge in [0, 0.05) is 11.8 Å². The van der Waals surface area contributed by atoms with Crippen molar-refractivity contribution >= 4 is 5.78 Å². The number of carbonyl (C=O) groups is 1. The summed E-state index contributed by atoms with van der Waals surface area (Å²) >= 11 is 0. The van der Waals surface area contributed by atoms with Crippen molar-refractivity contribution in [2.75, 3.05) is 0 Å². The van der Waals surface area contributed by atoms with Crippen LogP contribution < -0.4 is 0 Å². The standard InChI is InChI=1S/C14H20O2/c1-10-8-16-9-12(10)7-14(3)11(2)5-4-6-13(14)15/h8-9,11H,4-7H2,1-3H3/t11-,14+/m0/s1. The fourth-order valence-corrected chi connectivity index (χ4v) is 2.68. The molecule has 1 saturated carbocycles. The van der Waals surface area contributed by atoms with E-state index in [0.717, 1.165) is 24.8 Å². The maximum Gasteiger partial charge on any atom is 0.139 e. The monoisotopic (exact) mass is 220 g/mol. The van der Waals surface area contributed by atoms with Crippen molar-refractivity contribution in [3.8, 4) is 0 Å². The number of furan rings is 1. The van der Waals surface area contributed by atoms with Crippen LogP contribution in [0, 0.1) is 18.3 Å². The number of aryl methyl sites for hydroxylation is 1. The van der Waals surface area contributed by atoms with Gasteiger partial charge in [0.15, 0.2) is 0 Å².